The second-order valence-corrected chi connectivity index (χ2v) is 6.33. The lowest BCUT2D eigenvalue weighted by atomic mass is 10.2. The van der Waals surface area contributed by atoms with Crippen LogP contribution in [0.1, 0.15) is 24.5 Å². The largest absolute Gasteiger partial charge is 0.454 e. The van der Waals surface area contributed by atoms with Crippen LogP contribution in [0.15, 0.2) is 41.5 Å². The maximum absolute atomic E-state index is 12.0. The fourth-order valence-corrected chi connectivity index (χ4v) is 2.59. The molecule has 1 aromatic heterocycles. The molecule has 2 heterocycles. The number of amides is 1. The summed E-state index contributed by atoms with van der Waals surface area (Å²) in [5.74, 6) is 2.61. The van der Waals surface area contributed by atoms with E-state index in [1.165, 1.54) is 0 Å². The first-order valence-corrected chi connectivity index (χ1v) is 9.27. The van der Waals surface area contributed by atoms with Crippen molar-refractivity contribution in [2.24, 2.45) is 4.99 Å². The first-order chi connectivity index (χ1) is 13.6. The molecule has 0 saturated carbocycles. The number of pyridine rings is 1. The molecular formula is C20H26IN5O3. The molecule has 156 valence electrons. The fourth-order valence-electron chi connectivity index (χ4n) is 2.59. The number of nitrogens with zero attached hydrogens (tertiary/aromatic N) is 2. The summed E-state index contributed by atoms with van der Waals surface area (Å²) in [5, 5.41) is 9.13. The molecule has 0 atom stereocenters. The van der Waals surface area contributed by atoms with Gasteiger partial charge in [0.1, 0.15) is 5.82 Å². The van der Waals surface area contributed by atoms with Crippen LogP contribution in [-0.4, -0.2) is 36.7 Å². The van der Waals surface area contributed by atoms with Crippen LogP contribution >= 0.6 is 24.0 Å². The summed E-state index contributed by atoms with van der Waals surface area (Å²) in [5.41, 5.74) is 2.07. The Kier molecular flexibility index (Phi) is 8.97. The lowest BCUT2D eigenvalue weighted by Crippen LogP contribution is -2.38. The van der Waals surface area contributed by atoms with Crippen molar-refractivity contribution in [3.8, 4) is 11.5 Å². The standard InChI is InChI=1S/C20H25N5O3.HI/c1-3-21-20(24-12-15-5-6-16-17(10-15)28-13-27-16)22-9-8-19(26)25-18-7-4-14(2)11-23-18;/h4-7,10-11H,3,8-9,12-13H2,1-2H3,(H2,21,22,24)(H,23,25,26);1H. The number of rotatable bonds is 7. The first-order valence-electron chi connectivity index (χ1n) is 9.27. The Labute approximate surface area is 187 Å². The number of carbonyl (C=O) groups is 1. The molecule has 1 aliphatic rings. The van der Waals surface area contributed by atoms with Gasteiger partial charge >= 0.3 is 0 Å². The van der Waals surface area contributed by atoms with E-state index in [4.69, 9.17) is 9.47 Å². The Morgan fingerprint density at radius 3 is 2.76 bits per heavy atom. The highest BCUT2D eigenvalue weighted by molar-refractivity contribution is 14.0. The highest BCUT2D eigenvalue weighted by Crippen LogP contribution is 2.32. The molecule has 0 bridgehead atoms. The number of halogens is 1. The van der Waals surface area contributed by atoms with Crippen molar-refractivity contribution < 1.29 is 14.3 Å². The van der Waals surface area contributed by atoms with Crippen LogP contribution in [0.5, 0.6) is 11.5 Å². The molecule has 8 nitrogen and oxygen atoms in total. The van der Waals surface area contributed by atoms with Crippen molar-refractivity contribution in [3.63, 3.8) is 0 Å². The number of aryl methyl sites for hydroxylation is 1. The first kappa shape index (κ1) is 22.7. The monoisotopic (exact) mass is 511 g/mol. The third-order valence-electron chi connectivity index (χ3n) is 4.02. The average Bonchev–Trinajstić information content (AvgIpc) is 3.16. The topological polar surface area (TPSA) is 96.9 Å². The van der Waals surface area contributed by atoms with Crippen LogP contribution in [0.3, 0.4) is 0 Å². The minimum atomic E-state index is -0.101. The molecule has 9 heteroatoms. The molecular weight excluding hydrogens is 485 g/mol. The molecule has 0 saturated heterocycles. The number of aromatic nitrogens is 1. The predicted molar refractivity (Wildman–Crippen MR) is 123 cm³/mol. The van der Waals surface area contributed by atoms with E-state index >= 15 is 0 Å². The molecule has 0 unspecified atom stereocenters. The van der Waals surface area contributed by atoms with Crippen LogP contribution < -0.4 is 25.4 Å². The van der Waals surface area contributed by atoms with Crippen LogP contribution in [-0.2, 0) is 11.3 Å². The molecule has 1 aromatic carbocycles. The quantitative estimate of drug-likeness (QED) is 0.301. The highest BCUT2D eigenvalue weighted by Gasteiger charge is 2.13. The van der Waals surface area contributed by atoms with Gasteiger partial charge in [-0.3, -0.25) is 4.79 Å². The average molecular weight is 511 g/mol. The van der Waals surface area contributed by atoms with Crippen molar-refractivity contribution in [1.82, 2.24) is 15.6 Å². The molecule has 29 heavy (non-hydrogen) atoms. The SMILES string of the molecule is CCNC(=NCc1ccc2c(c1)OCO2)NCCC(=O)Nc1ccc(C)cn1.I. The van der Waals surface area contributed by atoms with Crippen molar-refractivity contribution in [1.29, 1.82) is 0 Å². The number of nitrogens with one attached hydrogen (secondary N) is 3. The molecule has 0 spiro atoms. The summed E-state index contributed by atoms with van der Waals surface area (Å²) in [6.07, 6.45) is 2.03. The zero-order valence-corrected chi connectivity index (χ0v) is 18.9. The molecule has 3 rings (SSSR count). The van der Waals surface area contributed by atoms with E-state index in [-0.39, 0.29) is 36.7 Å². The summed E-state index contributed by atoms with van der Waals surface area (Å²) >= 11 is 0. The maximum Gasteiger partial charge on any atom is 0.231 e. The van der Waals surface area contributed by atoms with Crippen molar-refractivity contribution in [3.05, 3.63) is 47.7 Å². The summed E-state index contributed by atoms with van der Waals surface area (Å²) in [6.45, 7) is 5.89. The van der Waals surface area contributed by atoms with Gasteiger partial charge in [0.15, 0.2) is 17.5 Å². The zero-order valence-electron chi connectivity index (χ0n) is 16.5. The van der Waals surface area contributed by atoms with Crippen LogP contribution in [0, 0.1) is 6.92 Å². The molecule has 0 fully saturated rings. The van der Waals surface area contributed by atoms with Gasteiger partial charge in [0.2, 0.25) is 12.7 Å². The number of hydrogen-bond donors (Lipinski definition) is 3. The van der Waals surface area contributed by atoms with E-state index in [1.807, 2.05) is 38.1 Å². The molecule has 3 N–H and O–H groups in total. The second-order valence-electron chi connectivity index (χ2n) is 6.33. The summed E-state index contributed by atoms with van der Waals surface area (Å²) in [7, 11) is 0. The molecule has 1 aliphatic heterocycles. The Bertz CT molecular complexity index is 843. The van der Waals surface area contributed by atoms with Gasteiger partial charge in [0, 0.05) is 25.7 Å². The minimum Gasteiger partial charge on any atom is -0.454 e. The van der Waals surface area contributed by atoms with E-state index in [9.17, 15) is 4.79 Å². The number of carbonyl (C=O) groups excluding carboxylic acids is 1. The van der Waals surface area contributed by atoms with Crippen LogP contribution in [0.4, 0.5) is 5.82 Å². The Morgan fingerprint density at radius 2 is 2.00 bits per heavy atom. The summed E-state index contributed by atoms with van der Waals surface area (Å²) in [6, 6.07) is 9.47. The number of aliphatic imine (C=N–C) groups is 1. The van der Waals surface area contributed by atoms with Gasteiger partial charge in [0.25, 0.3) is 0 Å². The van der Waals surface area contributed by atoms with Gasteiger partial charge in [-0.1, -0.05) is 12.1 Å². The van der Waals surface area contributed by atoms with Gasteiger partial charge in [-0.25, -0.2) is 9.98 Å². The third kappa shape index (κ3) is 7.08. The Hall–Kier alpha value is -2.56. The number of ether oxygens (including phenoxy) is 2. The smallest absolute Gasteiger partial charge is 0.231 e. The van der Waals surface area contributed by atoms with Gasteiger partial charge in [-0.15, -0.1) is 24.0 Å². The fraction of sp³-hybridized carbons (Fsp3) is 0.350. The van der Waals surface area contributed by atoms with Gasteiger partial charge in [0.05, 0.1) is 6.54 Å². The van der Waals surface area contributed by atoms with Crippen LogP contribution in [0.25, 0.3) is 0 Å². The van der Waals surface area contributed by atoms with E-state index in [0.717, 1.165) is 29.2 Å². The zero-order chi connectivity index (χ0) is 19.8. The third-order valence-corrected chi connectivity index (χ3v) is 4.02. The second kappa shape index (κ2) is 11.4. The van der Waals surface area contributed by atoms with E-state index in [0.29, 0.717) is 31.3 Å². The lowest BCUT2D eigenvalue weighted by Gasteiger charge is -2.11. The number of benzene rings is 1. The molecule has 0 aliphatic carbocycles. The van der Waals surface area contributed by atoms with Crippen molar-refractivity contribution >= 4 is 41.7 Å². The summed E-state index contributed by atoms with van der Waals surface area (Å²) < 4.78 is 10.7. The van der Waals surface area contributed by atoms with Crippen molar-refractivity contribution in [2.45, 2.75) is 26.8 Å². The Morgan fingerprint density at radius 1 is 1.17 bits per heavy atom. The Balaban J connectivity index is 0.00000300. The summed E-state index contributed by atoms with van der Waals surface area (Å²) in [4.78, 5) is 20.8. The number of guanidine groups is 1. The number of hydrogen-bond acceptors (Lipinski definition) is 5. The van der Waals surface area contributed by atoms with Crippen molar-refractivity contribution in [2.75, 3.05) is 25.2 Å². The van der Waals surface area contributed by atoms with E-state index in [2.05, 4.69) is 25.9 Å². The van der Waals surface area contributed by atoms with Gasteiger partial charge in [-0.05, 0) is 43.2 Å². The van der Waals surface area contributed by atoms with Gasteiger partial charge < -0.3 is 25.4 Å². The minimum absolute atomic E-state index is 0. The van der Waals surface area contributed by atoms with E-state index < -0.39 is 0 Å². The molecule has 2 aromatic rings. The van der Waals surface area contributed by atoms with E-state index in [1.54, 1.807) is 12.3 Å². The molecule has 1 amide bonds. The lowest BCUT2D eigenvalue weighted by molar-refractivity contribution is -0.116. The predicted octanol–water partition coefficient (Wildman–Crippen LogP) is 2.82. The molecule has 0 radical (unpaired) electrons. The van der Waals surface area contributed by atoms with Gasteiger partial charge in [-0.2, -0.15) is 0 Å². The number of fused-ring (bicyclic) bond motifs is 1. The number of anilines is 1. The van der Waals surface area contributed by atoms with Crippen LogP contribution in [0.2, 0.25) is 0 Å². The normalized spacial score (nSPS) is 12.1. The maximum atomic E-state index is 12.0. The highest BCUT2D eigenvalue weighted by atomic mass is 127.